The highest BCUT2D eigenvalue weighted by Gasteiger charge is 2.18. The lowest BCUT2D eigenvalue weighted by Crippen LogP contribution is -2.10. The van der Waals surface area contributed by atoms with Gasteiger partial charge >= 0.3 is 10.1 Å². The van der Waals surface area contributed by atoms with Gasteiger partial charge in [0.1, 0.15) is 10.6 Å². The molecular weight excluding hydrogens is 335 g/mol. The van der Waals surface area contributed by atoms with E-state index in [-0.39, 0.29) is 26.5 Å². The molecule has 7 heteroatoms. The summed E-state index contributed by atoms with van der Waals surface area (Å²) in [5.41, 5.74) is 0.463. The number of carbonyl (C=O) groups is 1. The molecule has 0 fully saturated rings. The molecule has 0 saturated heterocycles. The van der Waals surface area contributed by atoms with E-state index >= 15 is 0 Å². The van der Waals surface area contributed by atoms with Crippen LogP contribution in [0.25, 0.3) is 0 Å². The summed E-state index contributed by atoms with van der Waals surface area (Å²) in [6, 6.07) is 9.68. The minimum absolute atomic E-state index is 0.0936. The molecule has 2 rings (SSSR count). The number of hydrogen-bond donors (Lipinski definition) is 0. The van der Waals surface area contributed by atoms with E-state index < -0.39 is 10.1 Å². The summed E-state index contributed by atoms with van der Waals surface area (Å²) in [7, 11) is -4.05. The van der Waals surface area contributed by atoms with Crippen molar-refractivity contribution < 1.29 is 17.4 Å². The maximum Gasteiger partial charge on any atom is 0.339 e. The molecular formula is C14H10Cl2O4S. The molecule has 0 heterocycles. The average molecular weight is 345 g/mol. The van der Waals surface area contributed by atoms with E-state index in [4.69, 9.17) is 27.4 Å². The van der Waals surface area contributed by atoms with Gasteiger partial charge in [-0.15, -0.1) is 0 Å². The predicted octanol–water partition coefficient (Wildman–Crippen LogP) is 3.96. The maximum absolute atomic E-state index is 12.1. The number of ketones is 1. The van der Waals surface area contributed by atoms with Crippen molar-refractivity contribution in [3.8, 4) is 5.75 Å². The molecule has 0 saturated carbocycles. The quantitative estimate of drug-likeness (QED) is 0.622. The van der Waals surface area contributed by atoms with Crippen molar-refractivity contribution in [3.05, 3.63) is 58.1 Å². The minimum Gasteiger partial charge on any atom is -0.379 e. The fourth-order valence-corrected chi connectivity index (χ4v) is 3.25. The van der Waals surface area contributed by atoms with E-state index in [1.54, 1.807) is 0 Å². The lowest BCUT2D eigenvalue weighted by molar-refractivity contribution is 0.101. The number of carbonyl (C=O) groups excluding carboxylic acids is 1. The van der Waals surface area contributed by atoms with Crippen molar-refractivity contribution in [2.75, 3.05) is 0 Å². The van der Waals surface area contributed by atoms with Gasteiger partial charge in [-0.05, 0) is 49.4 Å². The topological polar surface area (TPSA) is 60.4 Å². The summed E-state index contributed by atoms with van der Waals surface area (Å²) in [6.07, 6.45) is 0. The van der Waals surface area contributed by atoms with E-state index in [0.29, 0.717) is 5.56 Å². The van der Waals surface area contributed by atoms with Crippen molar-refractivity contribution in [3.63, 3.8) is 0 Å². The zero-order chi connectivity index (χ0) is 15.6. The first-order valence-corrected chi connectivity index (χ1v) is 7.96. The molecule has 0 spiro atoms. The largest absolute Gasteiger partial charge is 0.379 e. The van der Waals surface area contributed by atoms with E-state index in [1.165, 1.54) is 49.4 Å². The van der Waals surface area contributed by atoms with Crippen LogP contribution in [-0.4, -0.2) is 14.2 Å². The number of benzene rings is 2. The van der Waals surface area contributed by atoms with Gasteiger partial charge in [0, 0.05) is 15.6 Å². The van der Waals surface area contributed by atoms with Gasteiger partial charge in [-0.3, -0.25) is 4.79 Å². The lowest BCUT2D eigenvalue weighted by Gasteiger charge is -2.08. The van der Waals surface area contributed by atoms with Gasteiger partial charge in [-0.2, -0.15) is 8.42 Å². The van der Waals surface area contributed by atoms with Gasteiger partial charge in [0.2, 0.25) is 0 Å². The van der Waals surface area contributed by atoms with Crippen LogP contribution in [0.5, 0.6) is 5.75 Å². The highest BCUT2D eigenvalue weighted by atomic mass is 35.5. The Kier molecular flexibility index (Phi) is 4.56. The van der Waals surface area contributed by atoms with Crippen LogP contribution >= 0.6 is 23.2 Å². The smallest absolute Gasteiger partial charge is 0.339 e. The Morgan fingerprint density at radius 1 is 1.00 bits per heavy atom. The molecule has 0 aromatic heterocycles. The molecule has 0 aliphatic rings. The van der Waals surface area contributed by atoms with E-state index in [1.807, 2.05) is 0 Å². The van der Waals surface area contributed by atoms with Crippen LogP contribution in [0, 0.1) is 0 Å². The molecule has 0 atom stereocenters. The highest BCUT2D eigenvalue weighted by molar-refractivity contribution is 7.87. The third-order valence-electron chi connectivity index (χ3n) is 2.59. The third kappa shape index (κ3) is 3.97. The molecule has 21 heavy (non-hydrogen) atoms. The van der Waals surface area contributed by atoms with Gasteiger partial charge in [0.05, 0.1) is 0 Å². The second-order valence-corrected chi connectivity index (χ2v) is 6.64. The second kappa shape index (κ2) is 6.05. The molecule has 0 amide bonds. The van der Waals surface area contributed by atoms with Gasteiger partial charge in [-0.25, -0.2) is 0 Å². The van der Waals surface area contributed by atoms with Crippen LogP contribution in [0.2, 0.25) is 10.0 Å². The Bertz CT molecular complexity index is 763. The summed E-state index contributed by atoms with van der Waals surface area (Å²) < 4.78 is 29.2. The van der Waals surface area contributed by atoms with Crippen molar-refractivity contribution in [1.29, 1.82) is 0 Å². The first-order chi connectivity index (χ1) is 9.78. The summed E-state index contributed by atoms with van der Waals surface area (Å²) in [6.45, 7) is 1.42. The van der Waals surface area contributed by atoms with Gasteiger partial charge in [0.25, 0.3) is 0 Å². The number of rotatable bonds is 4. The summed E-state index contributed by atoms with van der Waals surface area (Å²) in [5.74, 6) is -0.0258. The Balaban J connectivity index is 2.30. The van der Waals surface area contributed by atoms with Crippen molar-refractivity contribution in [1.82, 2.24) is 0 Å². The van der Waals surface area contributed by atoms with Crippen LogP contribution in [0.3, 0.4) is 0 Å². The van der Waals surface area contributed by atoms with Crippen LogP contribution in [0.1, 0.15) is 17.3 Å². The second-order valence-electron chi connectivity index (χ2n) is 4.22. The number of hydrogen-bond acceptors (Lipinski definition) is 4. The molecule has 2 aromatic carbocycles. The zero-order valence-corrected chi connectivity index (χ0v) is 13.2. The molecule has 0 N–H and O–H groups in total. The van der Waals surface area contributed by atoms with Crippen LogP contribution in [0.15, 0.2) is 47.4 Å². The molecule has 0 unspecified atom stereocenters. The van der Waals surface area contributed by atoms with Gasteiger partial charge in [0.15, 0.2) is 5.78 Å². The van der Waals surface area contributed by atoms with E-state index in [9.17, 15) is 13.2 Å². The van der Waals surface area contributed by atoms with Gasteiger partial charge in [-0.1, -0.05) is 23.2 Å². The Morgan fingerprint density at radius 2 is 1.52 bits per heavy atom. The highest BCUT2D eigenvalue weighted by Crippen LogP contribution is 2.25. The molecule has 0 aliphatic heterocycles. The van der Waals surface area contributed by atoms with E-state index in [2.05, 4.69) is 0 Å². The normalized spacial score (nSPS) is 11.2. The number of Topliss-reactive ketones (excluding diaryl/α,β-unsaturated/α-hetero) is 1. The summed E-state index contributed by atoms with van der Waals surface area (Å²) in [4.78, 5) is 11.0. The molecule has 4 nitrogen and oxygen atoms in total. The lowest BCUT2D eigenvalue weighted by atomic mass is 10.1. The molecule has 0 radical (unpaired) electrons. The summed E-state index contributed by atoms with van der Waals surface area (Å²) in [5, 5.41) is 0.383. The van der Waals surface area contributed by atoms with Crippen molar-refractivity contribution >= 4 is 39.1 Å². The van der Waals surface area contributed by atoms with Crippen LogP contribution in [0.4, 0.5) is 0 Å². The number of halogens is 2. The Morgan fingerprint density at radius 3 is 2.00 bits per heavy atom. The van der Waals surface area contributed by atoms with Crippen molar-refractivity contribution in [2.24, 2.45) is 0 Å². The Hall–Kier alpha value is -1.56. The van der Waals surface area contributed by atoms with Crippen LogP contribution < -0.4 is 4.18 Å². The third-order valence-corrected chi connectivity index (χ3v) is 4.25. The standard InChI is InChI=1S/C14H10Cl2O4S/c1-9(17)10-2-4-13(5-3-10)20-21(18,19)14-7-11(15)6-12(16)8-14/h2-8H,1H3. The summed E-state index contributed by atoms with van der Waals surface area (Å²) >= 11 is 11.5. The molecule has 0 aliphatic carbocycles. The first kappa shape index (κ1) is 15.8. The SMILES string of the molecule is CC(=O)c1ccc(OS(=O)(=O)c2cc(Cl)cc(Cl)c2)cc1. The average Bonchev–Trinajstić information content (AvgIpc) is 2.37. The fourth-order valence-electron chi connectivity index (χ4n) is 1.59. The van der Waals surface area contributed by atoms with Gasteiger partial charge < -0.3 is 4.18 Å². The Labute approximate surface area is 132 Å². The fraction of sp³-hybridized carbons (Fsp3) is 0.0714. The monoisotopic (exact) mass is 344 g/mol. The molecule has 0 bridgehead atoms. The predicted molar refractivity (Wildman–Crippen MR) is 80.7 cm³/mol. The first-order valence-electron chi connectivity index (χ1n) is 5.79. The maximum atomic E-state index is 12.1. The van der Waals surface area contributed by atoms with Crippen molar-refractivity contribution in [2.45, 2.75) is 11.8 Å². The minimum atomic E-state index is -4.05. The zero-order valence-electron chi connectivity index (χ0n) is 10.8. The van der Waals surface area contributed by atoms with E-state index in [0.717, 1.165) is 0 Å². The molecule has 110 valence electrons. The van der Waals surface area contributed by atoms with Crippen LogP contribution in [-0.2, 0) is 10.1 Å². The molecule has 2 aromatic rings.